The third kappa shape index (κ3) is 5.56. The largest absolute Gasteiger partial charge is 0.473 e. The second-order valence-corrected chi connectivity index (χ2v) is 10.1. The van der Waals surface area contributed by atoms with E-state index >= 15 is 0 Å². The fourth-order valence-electron chi connectivity index (χ4n) is 4.65. The first-order valence-corrected chi connectivity index (χ1v) is 11.0. The average Bonchev–Trinajstić information content (AvgIpc) is 3.24. The summed E-state index contributed by atoms with van der Waals surface area (Å²) in [6, 6.07) is 8.44. The minimum atomic E-state index is -4.34. The molecular formula is C24H30F3N3O. The van der Waals surface area contributed by atoms with Crippen molar-refractivity contribution in [3.63, 3.8) is 0 Å². The molecule has 0 N–H and O–H groups in total. The van der Waals surface area contributed by atoms with E-state index in [9.17, 15) is 13.2 Å². The van der Waals surface area contributed by atoms with E-state index in [4.69, 9.17) is 4.74 Å². The summed E-state index contributed by atoms with van der Waals surface area (Å²) >= 11 is 0. The summed E-state index contributed by atoms with van der Waals surface area (Å²) in [5.74, 6) is 1.85. The van der Waals surface area contributed by atoms with Crippen LogP contribution in [0.1, 0.15) is 45.6 Å². The molecule has 0 amide bonds. The molecule has 7 heteroatoms. The molecule has 2 aromatic rings. The lowest BCUT2D eigenvalue weighted by atomic mass is 9.92. The van der Waals surface area contributed by atoms with E-state index in [1.165, 1.54) is 25.1 Å². The molecule has 1 saturated heterocycles. The van der Waals surface area contributed by atoms with Gasteiger partial charge in [-0.1, -0.05) is 32.9 Å². The maximum atomic E-state index is 12.7. The van der Waals surface area contributed by atoms with Gasteiger partial charge in [0.15, 0.2) is 0 Å². The molecule has 2 fully saturated rings. The van der Waals surface area contributed by atoms with Crippen LogP contribution in [0.4, 0.5) is 13.2 Å². The number of benzene rings is 1. The molecule has 0 radical (unpaired) electrons. The molecule has 2 heterocycles. The quantitative estimate of drug-likeness (QED) is 0.607. The highest BCUT2D eigenvalue weighted by Gasteiger charge is 2.42. The third-order valence-electron chi connectivity index (χ3n) is 6.40. The van der Waals surface area contributed by atoms with Crippen molar-refractivity contribution in [1.82, 2.24) is 15.1 Å². The maximum absolute atomic E-state index is 12.7. The molecule has 31 heavy (non-hydrogen) atoms. The van der Waals surface area contributed by atoms with Gasteiger partial charge >= 0.3 is 6.18 Å². The molecule has 1 saturated carbocycles. The number of alkyl halides is 3. The molecule has 0 bridgehead atoms. The fourth-order valence-corrected chi connectivity index (χ4v) is 4.65. The zero-order valence-corrected chi connectivity index (χ0v) is 18.3. The van der Waals surface area contributed by atoms with Gasteiger partial charge < -0.3 is 9.64 Å². The minimum absolute atomic E-state index is 0.158. The zero-order valence-electron chi connectivity index (χ0n) is 18.3. The number of hydrogen-bond donors (Lipinski definition) is 0. The predicted molar refractivity (Wildman–Crippen MR) is 114 cm³/mol. The predicted octanol–water partition coefficient (Wildman–Crippen LogP) is 5.69. The number of halogens is 3. The Morgan fingerprint density at radius 1 is 0.935 bits per heavy atom. The molecule has 0 spiro atoms. The van der Waals surface area contributed by atoms with Gasteiger partial charge in [0.1, 0.15) is 6.10 Å². The van der Waals surface area contributed by atoms with Crippen LogP contribution in [-0.2, 0) is 6.18 Å². The summed E-state index contributed by atoms with van der Waals surface area (Å²) in [5, 5.41) is 8.30. The van der Waals surface area contributed by atoms with E-state index in [1.807, 2.05) is 0 Å². The molecule has 0 unspecified atom stereocenters. The summed E-state index contributed by atoms with van der Waals surface area (Å²) in [5.41, 5.74) is 0.818. The van der Waals surface area contributed by atoms with Crippen LogP contribution in [0, 0.1) is 17.3 Å². The number of likely N-dealkylation sites (tertiary alicyclic amines) is 1. The number of aromatic nitrogens is 2. The Hall–Kier alpha value is -2.15. The molecule has 4 nitrogen and oxygen atoms in total. The van der Waals surface area contributed by atoms with Gasteiger partial charge in [0.25, 0.3) is 0 Å². The van der Waals surface area contributed by atoms with Crippen LogP contribution < -0.4 is 4.74 Å². The molecule has 1 aliphatic heterocycles. The number of nitrogens with zero attached hydrogens (tertiary/aromatic N) is 3. The fraction of sp³-hybridized carbons (Fsp3) is 0.583. The van der Waals surface area contributed by atoms with Crippen molar-refractivity contribution in [2.45, 2.75) is 52.3 Å². The summed E-state index contributed by atoms with van der Waals surface area (Å²) in [6.07, 6.45) is -0.887. The summed E-state index contributed by atoms with van der Waals surface area (Å²) in [6.45, 7) is 10.3. The van der Waals surface area contributed by atoms with Gasteiger partial charge in [-0.05, 0) is 61.3 Å². The van der Waals surface area contributed by atoms with Crippen LogP contribution >= 0.6 is 0 Å². The topological polar surface area (TPSA) is 38.2 Å². The van der Waals surface area contributed by atoms with Crippen molar-refractivity contribution < 1.29 is 17.9 Å². The smallest absolute Gasteiger partial charge is 0.416 e. The van der Waals surface area contributed by atoms with Gasteiger partial charge in [-0.2, -0.15) is 13.2 Å². The standard InChI is InChI=1S/C24H30F3N3O/c1-23(2,3)10-11-30-14-17-12-20(13-18(17)15-30)31-22-9-8-21(28-29-22)16-4-6-19(7-5-16)24(25,26)27/h4-9,17-18,20H,10-15H2,1-3H3/t17-,18+,20-. The second kappa shape index (κ2) is 8.41. The molecule has 2 aliphatic rings. The van der Waals surface area contributed by atoms with Crippen molar-refractivity contribution in [2.75, 3.05) is 19.6 Å². The molecule has 1 aromatic carbocycles. The van der Waals surface area contributed by atoms with Gasteiger partial charge in [-0.15, -0.1) is 10.2 Å². The highest BCUT2D eigenvalue weighted by Crippen LogP contribution is 2.40. The normalized spacial score (nSPS) is 24.4. The number of rotatable bonds is 5. The second-order valence-electron chi connectivity index (χ2n) is 10.1. The van der Waals surface area contributed by atoms with Gasteiger partial charge in [0.05, 0.1) is 11.3 Å². The first-order valence-electron chi connectivity index (χ1n) is 11.0. The average molecular weight is 434 g/mol. The third-order valence-corrected chi connectivity index (χ3v) is 6.40. The summed E-state index contributed by atoms with van der Waals surface area (Å²) in [7, 11) is 0. The minimum Gasteiger partial charge on any atom is -0.473 e. The molecular weight excluding hydrogens is 403 g/mol. The van der Waals surface area contributed by atoms with E-state index in [-0.39, 0.29) is 6.10 Å². The van der Waals surface area contributed by atoms with Crippen molar-refractivity contribution in [3.8, 4) is 17.1 Å². The summed E-state index contributed by atoms with van der Waals surface area (Å²) < 4.78 is 44.2. The van der Waals surface area contributed by atoms with E-state index < -0.39 is 11.7 Å². The van der Waals surface area contributed by atoms with Gasteiger partial charge in [-0.3, -0.25) is 0 Å². The first kappa shape index (κ1) is 22.1. The monoisotopic (exact) mass is 433 g/mol. The molecule has 3 atom stereocenters. The SMILES string of the molecule is CC(C)(C)CCN1C[C@H]2C[C@@H](Oc3ccc(-c4ccc(C(F)(F)F)cc4)nn3)C[C@H]2C1. The highest BCUT2D eigenvalue weighted by molar-refractivity contribution is 5.59. The van der Waals surface area contributed by atoms with Crippen LogP contribution in [0.25, 0.3) is 11.3 Å². The van der Waals surface area contributed by atoms with Crippen LogP contribution in [-0.4, -0.2) is 40.8 Å². The maximum Gasteiger partial charge on any atom is 0.416 e. The Bertz CT molecular complexity index is 861. The lowest BCUT2D eigenvalue weighted by Crippen LogP contribution is -2.28. The van der Waals surface area contributed by atoms with Gasteiger partial charge in [0.2, 0.25) is 5.88 Å². The Balaban J connectivity index is 1.29. The van der Waals surface area contributed by atoms with E-state index in [2.05, 4.69) is 35.9 Å². The van der Waals surface area contributed by atoms with Crippen molar-refractivity contribution in [3.05, 3.63) is 42.0 Å². The summed E-state index contributed by atoms with van der Waals surface area (Å²) in [4.78, 5) is 2.59. The number of fused-ring (bicyclic) bond motifs is 1. The van der Waals surface area contributed by atoms with Gasteiger partial charge in [0, 0.05) is 24.7 Å². The molecule has 1 aliphatic carbocycles. The number of ether oxygens (including phenoxy) is 1. The van der Waals surface area contributed by atoms with Gasteiger partial charge in [-0.25, -0.2) is 0 Å². The highest BCUT2D eigenvalue weighted by atomic mass is 19.4. The van der Waals surface area contributed by atoms with Crippen molar-refractivity contribution in [1.29, 1.82) is 0 Å². The molecule has 168 valence electrons. The van der Waals surface area contributed by atoms with E-state index in [1.54, 1.807) is 12.1 Å². The van der Waals surface area contributed by atoms with Crippen molar-refractivity contribution >= 4 is 0 Å². The van der Waals surface area contributed by atoms with E-state index in [0.29, 0.717) is 34.4 Å². The van der Waals surface area contributed by atoms with Crippen LogP contribution in [0.5, 0.6) is 5.88 Å². The van der Waals surface area contributed by atoms with Crippen LogP contribution in [0.3, 0.4) is 0 Å². The Morgan fingerprint density at radius 2 is 1.58 bits per heavy atom. The Morgan fingerprint density at radius 3 is 2.10 bits per heavy atom. The molecule has 1 aromatic heterocycles. The lowest BCUT2D eigenvalue weighted by molar-refractivity contribution is -0.137. The van der Waals surface area contributed by atoms with Crippen molar-refractivity contribution in [2.24, 2.45) is 17.3 Å². The first-order chi connectivity index (χ1) is 14.6. The molecule has 4 rings (SSSR count). The lowest BCUT2D eigenvalue weighted by Gasteiger charge is -2.24. The Labute approximate surface area is 181 Å². The Kier molecular flexibility index (Phi) is 5.99. The zero-order chi connectivity index (χ0) is 22.2. The van der Waals surface area contributed by atoms with E-state index in [0.717, 1.165) is 38.1 Å². The van der Waals surface area contributed by atoms with Crippen LogP contribution in [0.15, 0.2) is 36.4 Å². The number of hydrogen-bond acceptors (Lipinski definition) is 4. The van der Waals surface area contributed by atoms with Crippen LogP contribution in [0.2, 0.25) is 0 Å².